The molecule has 7 rings (SSSR count). The van der Waals surface area contributed by atoms with Crippen LogP contribution in [0.1, 0.15) is 25.0 Å². The molecule has 1 aliphatic rings. The van der Waals surface area contributed by atoms with Gasteiger partial charge in [-0.3, -0.25) is 0 Å². The van der Waals surface area contributed by atoms with Crippen LogP contribution in [-0.4, -0.2) is 4.57 Å². The molecule has 0 unspecified atom stereocenters. The van der Waals surface area contributed by atoms with Gasteiger partial charge in [0, 0.05) is 21.6 Å². The fraction of sp³-hybridized carbons (Fsp3) is 0.0968. The fourth-order valence-corrected chi connectivity index (χ4v) is 5.99. The van der Waals surface area contributed by atoms with E-state index in [1.807, 2.05) is 0 Å². The molecule has 0 radical (unpaired) electrons. The third-order valence-electron chi connectivity index (χ3n) is 7.36. The smallest absolute Gasteiger partial charge is 0.0544 e. The van der Waals surface area contributed by atoms with E-state index in [2.05, 4.69) is 122 Å². The van der Waals surface area contributed by atoms with E-state index in [1.54, 1.807) is 0 Å². The van der Waals surface area contributed by atoms with Gasteiger partial charge in [0.05, 0.1) is 16.7 Å². The van der Waals surface area contributed by atoms with Crippen molar-refractivity contribution in [3.63, 3.8) is 0 Å². The van der Waals surface area contributed by atoms with Crippen LogP contribution in [0.5, 0.6) is 0 Å². The zero-order valence-electron chi connectivity index (χ0n) is 18.3. The van der Waals surface area contributed by atoms with Crippen LogP contribution in [0.2, 0.25) is 0 Å². The maximum absolute atomic E-state index is 2.46. The van der Waals surface area contributed by atoms with Gasteiger partial charge in [-0.15, -0.1) is 0 Å². The molecule has 1 heteroatoms. The van der Waals surface area contributed by atoms with Gasteiger partial charge in [-0.25, -0.2) is 0 Å². The first-order valence-electron chi connectivity index (χ1n) is 11.3. The van der Waals surface area contributed by atoms with Crippen molar-refractivity contribution in [3.05, 3.63) is 114 Å². The largest absolute Gasteiger partial charge is 0.309 e. The van der Waals surface area contributed by atoms with Crippen molar-refractivity contribution in [1.82, 2.24) is 4.57 Å². The van der Waals surface area contributed by atoms with E-state index in [4.69, 9.17) is 0 Å². The molecule has 0 aliphatic heterocycles. The Morgan fingerprint density at radius 2 is 1.28 bits per heavy atom. The Kier molecular flexibility index (Phi) is 3.40. The summed E-state index contributed by atoms with van der Waals surface area (Å²) in [7, 11) is 0. The Bertz CT molecular complexity index is 1690. The number of hydrogen-bond acceptors (Lipinski definition) is 0. The van der Waals surface area contributed by atoms with Gasteiger partial charge in [-0.1, -0.05) is 98.8 Å². The predicted molar refractivity (Wildman–Crippen MR) is 136 cm³/mol. The summed E-state index contributed by atoms with van der Waals surface area (Å²) in [4.78, 5) is 0. The molecule has 0 atom stereocenters. The first-order valence-corrected chi connectivity index (χ1v) is 11.3. The molecule has 0 spiro atoms. The van der Waals surface area contributed by atoms with Crippen LogP contribution in [0.25, 0.3) is 49.4 Å². The van der Waals surface area contributed by atoms with Gasteiger partial charge in [0.25, 0.3) is 0 Å². The molecule has 0 saturated carbocycles. The van der Waals surface area contributed by atoms with Gasteiger partial charge >= 0.3 is 0 Å². The second-order valence-electron chi connectivity index (χ2n) is 9.40. The van der Waals surface area contributed by atoms with Crippen LogP contribution in [0.15, 0.2) is 103 Å². The zero-order valence-corrected chi connectivity index (χ0v) is 18.3. The first-order chi connectivity index (χ1) is 15.7. The van der Waals surface area contributed by atoms with Gasteiger partial charge in [0.15, 0.2) is 0 Å². The van der Waals surface area contributed by atoms with Crippen molar-refractivity contribution in [1.29, 1.82) is 0 Å². The minimum Gasteiger partial charge on any atom is -0.309 e. The molecule has 6 aromatic rings. The highest BCUT2D eigenvalue weighted by molar-refractivity contribution is 6.15. The minimum absolute atomic E-state index is 0.0425. The molecule has 32 heavy (non-hydrogen) atoms. The summed E-state index contributed by atoms with van der Waals surface area (Å²) in [6.45, 7) is 4.75. The van der Waals surface area contributed by atoms with Crippen LogP contribution < -0.4 is 0 Å². The van der Waals surface area contributed by atoms with Gasteiger partial charge in [-0.2, -0.15) is 0 Å². The predicted octanol–water partition coefficient (Wildman–Crippen LogP) is 8.24. The summed E-state index contributed by atoms with van der Waals surface area (Å²) in [5, 5.41) is 5.26. The van der Waals surface area contributed by atoms with E-state index in [0.717, 1.165) is 0 Å². The highest BCUT2D eigenvalue weighted by Gasteiger charge is 2.37. The third-order valence-corrected chi connectivity index (χ3v) is 7.36. The number of benzene rings is 5. The zero-order chi connectivity index (χ0) is 21.4. The lowest BCUT2D eigenvalue weighted by Gasteiger charge is -2.22. The van der Waals surface area contributed by atoms with Crippen LogP contribution in [-0.2, 0) is 5.41 Å². The molecular formula is C31H23N. The van der Waals surface area contributed by atoms with Crippen molar-refractivity contribution in [2.45, 2.75) is 19.3 Å². The number of rotatable bonds is 1. The fourth-order valence-electron chi connectivity index (χ4n) is 5.99. The maximum Gasteiger partial charge on any atom is 0.0544 e. The average Bonchev–Trinajstić information content (AvgIpc) is 3.28. The molecule has 1 aliphatic carbocycles. The molecule has 0 fully saturated rings. The summed E-state index contributed by atoms with van der Waals surface area (Å²) in [6.07, 6.45) is 0. The van der Waals surface area contributed by atoms with Gasteiger partial charge in [-0.05, 0) is 45.8 Å². The first kappa shape index (κ1) is 17.8. The molecule has 0 saturated heterocycles. The van der Waals surface area contributed by atoms with Crippen molar-refractivity contribution in [3.8, 4) is 16.8 Å². The maximum atomic E-state index is 2.46. The number of fused-ring (bicyclic) bond motifs is 8. The molecule has 1 aromatic heterocycles. The molecule has 0 amide bonds. The van der Waals surface area contributed by atoms with Gasteiger partial charge in [0.1, 0.15) is 0 Å². The summed E-state index contributed by atoms with van der Waals surface area (Å²) in [6, 6.07) is 37.8. The Hall–Kier alpha value is -3.84. The van der Waals surface area contributed by atoms with Crippen LogP contribution in [0, 0.1) is 0 Å². The Labute approximate surface area is 187 Å². The van der Waals surface area contributed by atoms with E-state index < -0.39 is 0 Å². The van der Waals surface area contributed by atoms with Gasteiger partial charge < -0.3 is 4.57 Å². The number of para-hydroxylation sites is 1. The summed E-state index contributed by atoms with van der Waals surface area (Å²) < 4.78 is 2.46. The van der Waals surface area contributed by atoms with E-state index in [-0.39, 0.29) is 5.41 Å². The van der Waals surface area contributed by atoms with Crippen molar-refractivity contribution in [2.75, 3.05) is 0 Å². The summed E-state index contributed by atoms with van der Waals surface area (Å²) >= 11 is 0. The average molecular weight is 410 g/mol. The lowest BCUT2D eigenvalue weighted by atomic mass is 9.80. The summed E-state index contributed by atoms with van der Waals surface area (Å²) in [5.41, 5.74) is 9.36. The van der Waals surface area contributed by atoms with E-state index in [0.29, 0.717) is 0 Å². The van der Waals surface area contributed by atoms with Gasteiger partial charge in [0.2, 0.25) is 0 Å². The molecule has 1 nitrogen and oxygen atoms in total. The second-order valence-corrected chi connectivity index (χ2v) is 9.40. The van der Waals surface area contributed by atoms with Crippen LogP contribution in [0.4, 0.5) is 0 Å². The highest BCUT2D eigenvalue weighted by Crippen LogP contribution is 2.53. The minimum atomic E-state index is -0.0425. The van der Waals surface area contributed by atoms with Crippen molar-refractivity contribution >= 4 is 32.6 Å². The lowest BCUT2D eigenvalue weighted by Crippen LogP contribution is -2.15. The number of hydrogen-bond donors (Lipinski definition) is 0. The van der Waals surface area contributed by atoms with E-state index >= 15 is 0 Å². The van der Waals surface area contributed by atoms with Crippen LogP contribution in [0.3, 0.4) is 0 Å². The quantitative estimate of drug-likeness (QED) is 0.258. The molecular weight excluding hydrogens is 386 g/mol. The second kappa shape index (κ2) is 6.11. The number of aromatic nitrogens is 1. The van der Waals surface area contributed by atoms with Crippen molar-refractivity contribution in [2.24, 2.45) is 0 Å². The topological polar surface area (TPSA) is 4.93 Å². The normalized spacial score (nSPS) is 14.2. The third kappa shape index (κ3) is 2.13. The standard InChI is InChI=1S/C31H23N/c1-31(2)25-15-7-5-13-22(25)23-18-19-28-29(30(23)31)24-14-6-8-16-27(24)32(28)26-17-9-11-20-10-3-4-12-21(20)26/h3-19H,1-2H3. The SMILES string of the molecule is CC1(C)c2ccccc2-c2ccc3c(c21)c1ccccc1n3-c1cccc2ccccc12. The Morgan fingerprint density at radius 1 is 0.562 bits per heavy atom. The molecule has 0 bridgehead atoms. The molecule has 0 N–H and O–H groups in total. The van der Waals surface area contributed by atoms with Crippen LogP contribution >= 0.6 is 0 Å². The van der Waals surface area contributed by atoms with E-state index in [9.17, 15) is 0 Å². The summed E-state index contributed by atoms with van der Waals surface area (Å²) in [5.74, 6) is 0. The Morgan fingerprint density at radius 3 is 2.19 bits per heavy atom. The number of nitrogens with zero attached hydrogens (tertiary/aromatic N) is 1. The molecule has 5 aromatic carbocycles. The Balaban J connectivity index is 1.69. The highest BCUT2D eigenvalue weighted by atomic mass is 15.0. The molecule has 1 heterocycles. The lowest BCUT2D eigenvalue weighted by molar-refractivity contribution is 0.666. The molecule has 152 valence electrons. The monoisotopic (exact) mass is 409 g/mol. The van der Waals surface area contributed by atoms with Crippen molar-refractivity contribution < 1.29 is 0 Å². The van der Waals surface area contributed by atoms with E-state index in [1.165, 1.54) is 60.5 Å².